The van der Waals surface area contributed by atoms with Gasteiger partial charge in [0.2, 0.25) is 0 Å². The Balaban J connectivity index is 1.93. The van der Waals surface area contributed by atoms with Gasteiger partial charge in [-0.3, -0.25) is 9.20 Å². The summed E-state index contributed by atoms with van der Waals surface area (Å²) in [6.45, 7) is 0. The Morgan fingerprint density at radius 1 is 1.15 bits per heavy atom. The molecule has 0 aliphatic rings. The molecule has 6 heteroatoms. The summed E-state index contributed by atoms with van der Waals surface area (Å²) in [6.07, 6.45) is 3.38. The lowest BCUT2D eigenvalue weighted by Gasteiger charge is -2.08. The Labute approximate surface area is 125 Å². The molecule has 0 spiro atoms. The first-order valence-corrected chi connectivity index (χ1v) is 6.59. The molecule has 4 nitrogen and oxygen atoms in total. The lowest BCUT2D eigenvalue weighted by Crippen LogP contribution is -2.15. The van der Waals surface area contributed by atoms with Crippen LogP contribution in [-0.4, -0.2) is 15.3 Å². The molecule has 20 heavy (non-hydrogen) atoms. The summed E-state index contributed by atoms with van der Waals surface area (Å²) in [5.41, 5.74) is 1.79. The predicted octanol–water partition coefficient (Wildman–Crippen LogP) is 3.89. The van der Waals surface area contributed by atoms with Gasteiger partial charge in [0.05, 0.1) is 10.0 Å². The van der Waals surface area contributed by atoms with Crippen LogP contribution in [0.3, 0.4) is 0 Å². The van der Waals surface area contributed by atoms with Gasteiger partial charge >= 0.3 is 0 Å². The number of carbonyl (C=O) groups excluding carboxylic acids is 1. The standard InChI is InChI=1S/C14H9Cl2N3O/c15-10-5-4-9(8-11(10)16)18-14(20)12-2-1-3-13-17-6-7-19(12)13/h1-8H,(H,18,20). The highest BCUT2D eigenvalue weighted by Crippen LogP contribution is 2.25. The van der Waals surface area contributed by atoms with Crippen molar-refractivity contribution in [1.29, 1.82) is 0 Å². The molecular weight excluding hydrogens is 297 g/mol. The van der Waals surface area contributed by atoms with Gasteiger partial charge in [0.1, 0.15) is 11.3 Å². The molecule has 0 fully saturated rings. The maximum Gasteiger partial charge on any atom is 0.272 e. The van der Waals surface area contributed by atoms with E-state index in [0.717, 1.165) is 0 Å². The third-order valence-electron chi connectivity index (χ3n) is 2.84. The van der Waals surface area contributed by atoms with Gasteiger partial charge in [-0.05, 0) is 30.3 Å². The number of aromatic nitrogens is 2. The number of benzene rings is 1. The number of pyridine rings is 1. The van der Waals surface area contributed by atoms with E-state index in [4.69, 9.17) is 23.2 Å². The summed E-state index contributed by atoms with van der Waals surface area (Å²) in [4.78, 5) is 16.4. The quantitative estimate of drug-likeness (QED) is 0.780. The van der Waals surface area contributed by atoms with Crippen LogP contribution in [-0.2, 0) is 0 Å². The molecule has 0 saturated carbocycles. The van der Waals surface area contributed by atoms with E-state index in [0.29, 0.717) is 27.1 Å². The second kappa shape index (κ2) is 5.15. The first-order chi connectivity index (χ1) is 9.65. The van der Waals surface area contributed by atoms with Crippen LogP contribution in [0.1, 0.15) is 10.5 Å². The zero-order valence-electron chi connectivity index (χ0n) is 10.2. The average Bonchev–Trinajstić information content (AvgIpc) is 2.91. The number of hydrogen-bond acceptors (Lipinski definition) is 2. The average molecular weight is 306 g/mol. The Morgan fingerprint density at radius 2 is 2.00 bits per heavy atom. The zero-order valence-corrected chi connectivity index (χ0v) is 11.7. The minimum atomic E-state index is -0.244. The topological polar surface area (TPSA) is 46.4 Å². The lowest BCUT2D eigenvalue weighted by molar-refractivity contribution is 0.102. The van der Waals surface area contributed by atoms with Gasteiger partial charge in [-0.25, -0.2) is 4.98 Å². The molecule has 2 aromatic heterocycles. The summed E-state index contributed by atoms with van der Waals surface area (Å²) in [7, 11) is 0. The van der Waals surface area contributed by atoms with Crippen molar-refractivity contribution >= 4 is 40.4 Å². The number of halogens is 2. The first-order valence-electron chi connectivity index (χ1n) is 5.83. The Morgan fingerprint density at radius 3 is 2.80 bits per heavy atom. The lowest BCUT2D eigenvalue weighted by atomic mass is 10.3. The van der Waals surface area contributed by atoms with E-state index < -0.39 is 0 Å². The molecule has 1 N–H and O–H groups in total. The van der Waals surface area contributed by atoms with E-state index in [2.05, 4.69) is 10.3 Å². The van der Waals surface area contributed by atoms with Gasteiger partial charge in [0.25, 0.3) is 5.91 Å². The van der Waals surface area contributed by atoms with Crippen LogP contribution in [0.25, 0.3) is 5.65 Å². The molecule has 3 rings (SSSR count). The van der Waals surface area contributed by atoms with Gasteiger partial charge in [-0.15, -0.1) is 0 Å². The SMILES string of the molecule is O=C(Nc1ccc(Cl)c(Cl)c1)c1cccc2nccn12. The highest BCUT2D eigenvalue weighted by atomic mass is 35.5. The Hall–Kier alpha value is -2.04. The number of carbonyl (C=O) groups is 1. The molecule has 0 bridgehead atoms. The summed E-state index contributed by atoms with van der Waals surface area (Å²) in [6, 6.07) is 10.3. The van der Waals surface area contributed by atoms with Crippen molar-refractivity contribution < 1.29 is 4.79 Å². The van der Waals surface area contributed by atoms with Gasteiger partial charge in [0.15, 0.2) is 0 Å². The van der Waals surface area contributed by atoms with Crippen LogP contribution in [0.5, 0.6) is 0 Å². The molecule has 0 unspecified atom stereocenters. The van der Waals surface area contributed by atoms with Crippen molar-refractivity contribution in [3.8, 4) is 0 Å². The zero-order chi connectivity index (χ0) is 14.1. The van der Waals surface area contributed by atoms with E-state index >= 15 is 0 Å². The molecule has 0 aliphatic carbocycles. The van der Waals surface area contributed by atoms with Crippen molar-refractivity contribution in [3.05, 3.63) is 64.5 Å². The van der Waals surface area contributed by atoms with Crippen LogP contribution in [0.4, 0.5) is 5.69 Å². The second-order valence-corrected chi connectivity index (χ2v) is 4.96. The van der Waals surface area contributed by atoms with E-state index in [9.17, 15) is 4.79 Å². The summed E-state index contributed by atoms with van der Waals surface area (Å²) >= 11 is 11.8. The fraction of sp³-hybridized carbons (Fsp3) is 0. The first kappa shape index (κ1) is 13.0. The van der Waals surface area contributed by atoms with Crippen molar-refractivity contribution in [3.63, 3.8) is 0 Å². The van der Waals surface area contributed by atoms with Crippen LogP contribution >= 0.6 is 23.2 Å². The smallest absolute Gasteiger partial charge is 0.272 e. The Kier molecular flexibility index (Phi) is 3.34. The number of anilines is 1. The maximum atomic E-state index is 12.3. The molecule has 2 heterocycles. The molecule has 3 aromatic rings. The van der Waals surface area contributed by atoms with Gasteiger partial charge < -0.3 is 5.32 Å². The molecule has 1 amide bonds. The second-order valence-electron chi connectivity index (χ2n) is 4.15. The summed E-state index contributed by atoms with van der Waals surface area (Å²) in [5.74, 6) is -0.244. The van der Waals surface area contributed by atoms with E-state index in [1.807, 2.05) is 6.07 Å². The molecule has 0 saturated heterocycles. The molecule has 1 aromatic carbocycles. The Bertz CT molecular complexity index is 798. The van der Waals surface area contributed by atoms with Gasteiger partial charge in [0, 0.05) is 18.1 Å². The minimum absolute atomic E-state index is 0.244. The van der Waals surface area contributed by atoms with E-state index in [1.54, 1.807) is 47.1 Å². The third kappa shape index (κ3) is 2.35. The number of amides is 1. The normalized spacial score (nSPS) is 10.7. The largest absolute Gasteiger partial charge is 0.321 e. The number of imidazole rings is 1. The van der Waals surface area contributed by atoms with Crippen LogP contribution < -0.4 is 5.32 Å². The molecule has 0 aliphatic heterocycles. The summed E-state index contributed by atoms with van der Waals surface area (Å²) < 4.78 is 1.72. The van der Waals surface area contributed by atoms with Crippen molar-refractivity contribution in [1.82, 2.24) is 9.38 Å². The number of hydrogen-bond donors (Lipinski definition) is 1. The minimum Gasteiger partial charge on any atom is -0.321 e. The molecule has 0 radical (unpaired) electrons. The monoisotopic (exact) mass is 305 g/mol. The van der Waals surface area contributed by atoms with Crippen molar-refractivity contribution in [2.45, 2.75) is 0 Å². The van der Waals surface area contributed by atoms with E-state index in [-0.39, 0.29) is 5.91 Å². The van der Waals surface area contributed by atoms with Gasteiger partial charge in [-0.2, -0.15) is 0 Å². The fourth-order valence-corrected chi connectivity index (χ4v) is 2.20. The highest BCUT2D eigenvalue weighted by molar-refractivity contribution is 6.42. The van der Waals surface area contributed by atoms with Crippen molar-refractivity contribution in [2.24, 2.45) is 0 Å². The van der Waals surface area contributed by atoms with E-state index in [1.165, 1.54) is 0 Å². The predicted molar refractivity (Wildman–Crippen MR) is 79.6 cm³/mol. The van der Waals surface area contributed by atoms with Crippen LogP contribution in [0, 0.1) is 0 Å². The number of nitrogens with zero attached hydrogens (tertiary/aromatic N) is 2. The number of rotatable bonds is 2. The third-order valence-corrected chi connectivity index (χ3v) is 3.58. The maximum absolute atomic E-state index is 12.3. The summed E-state index contributed by atoms with van der Waals surface area (Å²) in [5, 5.41) is 3.62. The number of nitrogens with one attached hydrogen (secondary N) is 1. The highest BCUT2D eigenvalue weighted by Gasteiger charge is 2.11. The van der Waals surface area contributed by atoms with Gasteiger partial charge in [-0.1, -0.05) is 29.3 Å². The fourth-order valence-electron chi connectivity index (χ4n) is 1.90. The molecule has 100 valence electrons. The molecule has 0 atom stereocenters. The van der Waals surface area contributed by atoms with Crippen LogP contribution in [0.15, 0.2) is 48.8 Å². The number of fused-ring (bicyclic) bond motifs is 1. The van der Waals surface area contributed by atoms with Crippen LogP contribution in [0.2, 0.25) is 10.0 Å². The molecular formula is C14H9Cl2N3O. The van der Waals surface area contributed by atoms with Crippen molar-refractivity contribution in [2.75, 3.05) is 5.32 Å².